The predicted molar refractivity (Wildman–Crippen MR) is 61.4 cm³/mol. The molecule has 0 fully saturated rings. The molecule has 0 N–H and O–H groups in total. The molecule has 74 valence electrons. The fourth-order valence-electron chi connectivity index (χ4n) is 1.55. The highest BCUT2D eigenvalue weighted by Gasteiger charge is 2.06. The highest BCUT2D eigenvalue weighted by Crippen LogP contribution is 2.26. The lowest BCUT2D eigenvalue weighted by molar-refractivity contribution is 0.515. The molecule has 1 heteroatoms. The molecule has 0 aliphatic rings. The van der Waals surface area contributed by atoms with Crippen molar-refractivity contribution >= 4 is 11.3 Å². The summed E-state index contributed by atoms with van der Waals surface area (Å²) in [7, 11) is 0. The predicted octanol–water partition coefficient (Wildman–Crippen LogP) is 4.68. The number of thiophene rings is 1. The zero-order chi connectivity index (χ0) is 9.68. The standard InChI is InChI=1S/C12H20S/c1-10(2)6-4-7-11(3)12-8-5-9-13-12/h5,8-11H,4,6-7H2,1-3H3. The summed E-state index contributed by atoms with van der Waals surface area (Å²) in [6.07, 6.45) is 4.09. The van der Waals surface area contributed by atoms with E-state index in [-0.39, 0.29) is 0 Å². The number of rotatable bonds is 5. The van der Waals surface area contributed by atoms with Crippen molar-refractivity contribution in [1.82, 2.24) is 0 Å². The van der Waals surface area contributed by atoms with Crippen LogP contribution in [-0.4, -0.2) is 0 Å². The fraction of sp³-hybridized carbons (Fsp3) is 0.667. The summed E-state index contributed by atoms with van der Waals surface area (Å²) in [6.45, 7) is 6.94. The van der Waals surface area contributed by atoms with Gasteiger partial charge >= 0.3 is 0 Å². The second kappa shape index (κ2) is 5.43. The molecule has 1 rings (SSSR count). The summed E-state index contributed by atoms with van der Waals surface area (Å²) in [5.41, 5.74) is 0. The summed E-state index contributed by atoms with van der Waals surface area (Å²) in [5, 5.41) is 2.17. The number of hydrogen-bond donors (Lipinski definition) is 0. The Morgan fingerprint density at radius 3 is 2.54 bits per heavy atom. The Morgan fingerprint density at radius 1 is 1.23 bits per heavy atom. The van der Waals surface area contributed by atoms with Crippen LogP contribution in [0, 0.1) is 5.92 Å². The summed E-state index contributed by atoms with van der Waals surface area (Å²) in [6, 6.07) is 4.41. The van der Waals surface area contributed by atoms with E-state index in [0.717, 1.165) is 11.8 Å². The molecular weight excluding hydrogens is 176 g/mol. The van der Waals surface area contributed by atoms with Crippen molar-refractivity contribution in [2.75, 3.05) is 0 Å². The molecule has 1 aromatic heterocycles. The maximum Gasteiger partial charge on any atom is 0.00734 e. The topological polar surface area (TPSA) is 0 Å². The second-order valence-electron chi connectivity index (χ2n) is 4.24. The van der Waals surface area contributed by atoms with Crippen LogP contribution in [0.25, 0.3) is 0 Å². The summed E-state index contributed by atoms with van der Waals surface area (Å²) < 4.78 is 0. The van der Waals surface area contributed by atoms with Gasteiger partial charge in [0.25, 0.3) is 0 Å². The van der Waals surface area contributed by atoms with E-state index in [1.165, 1.54) is 19.3 Å². The highest BCUT2D eigenvalue weighted by atomic mass is 32.1. The fourth-order valence-corrected chi connectivity index (χ4v) is 2.37. The lowest BCUT2D eigenvalue weighted by Gasteiger charge is -2.09. The molecule has 1 heterocycles. The average Bonchev–Trinajstić information content (AvgIpc) is 2.55. The molecule has 0 saturated heterocycles. The maximum atomic E-state index is 2.34. The third-order valence-electron chi connectivity index (χ3n) is 2.45. The monoisotopic (exact) mass is 196 g/mol. The van der Waals surface area contributed by atoms with Crippen molar-refractivity contribution < 1.29 is 0 Å². The van der Waals surface area contributed by atoms with E-state index in [1.54, 1.807) is 4.88 Å². The summed E-state index contributed by atoms with van der Waals surface area (Å²) in [4.78, 5) is 1.55. The Kier molecular flexibility index (Phi) is 4.51. The maximum absolute atomic E-state index is 2.34. The molecule has 0 nitrogen and oxygen atoms in total. The van der Waals surface area contributed by atoms with Crippen LogP contribution in [0.2, 0.25) is 0 Å². The van der Waals surface area contributed by atoms with Crippen molar-refractivity contribution in [3.8, 4) is 0 Å². The van der Waals surface area contributed by atoms with Gasteiger partial charge in [0.2, 0.25) is 0 Å². The smallest absolute Gasteiger partial charge is 0.00734 e. The lowest BCUT2D eigenvalue weighted by Crippen LogP contribution is -1.93. The minimum absolute atomic E-state index is 0.763. The van der Waals surface area contributed by atoms with Gasteiger partial charge in [-0.15, -0.1) is 11.3 Å². The van der Waals surface area contributed by atoms with Gasteiger partial charge in [-0.25, -0.2) is 0 Å². The van der Waals surface area contributed by atoms with Crippen LogP contribution >= 0.6 is 11.3 Å². The molecule has 0 spiro atoms. The van der Waals surface area contributed by atoms with Crippen molar-refractivity contribution in [2.24, 2.45) is 5.92 Å². The first kappa shape index (κ1) is 10.8. The average molecular weight is 196 g/mol. The van der Waals surface area contributed by atoms with E-state index < -0.39 is 0 Å². The van der Waals surface area contributed by atoms with Crippen molar-refractivity contribution in [1.29, 1.82) is 0 Å². The van der Waals surface area contributed by atoms with Gasteiger partial charge in [0.1, 0.15) is 0 Å². The van der Waals surface area contributed by atoms with Crippen molar-refractivity contribution in [3.05, 3.63) is 22.4 Å². The molecule has 1 unspecified atom stereocenters. The first-order chi connectivity index (χ1) is 6.20. The van der Waals surface area contributed by atoms with Crippen LogP contribution in [-0.2, 0) is 0 Å². The summed E-state index contributed by atoms with van der Waals surface area (Å²) >= 11 is 1.89. The lowest BCUT2D eigenvalue weighted by atomic mass is 9.99. The van der Waals surface area contributed by atoms with Gasteiger partial charge in [0.05, 0.1) is 0 Å². The Bertz CT molecular complexity index is 211. The minimum atomic E-state index is 0.763. The van der Waals surface area contributed by atoms with Crippen molar-refractivity contribution in [2.45, 2.75) is 46.0 Å². The van der Waals surface area contributed by atoms with Crippen LogP contribution in [0.15, 0.2) is 17.5 Å². The van der Waals surface area contributed by atoms with E-state index in [1.807, 2.05) is 11.3 Å². The molecule has 13 heavy (non-hydrogen) atoms. The molecule has 0 bridgehead atoms. The molecule has 1 atom stereocenters. The number of hydrogen-bond acceptors (Lipinski definition) is 1. The Labute approximate surface area is 86.0 Å². The zero-order valence-corrected chi connectivity index (χ0v) is 9.73. The Balaban J connectivity index is 2.22. The van der Waals surface area contributed by atoms with Gasteiger partial charge < -0.3 is 0 Å². The molecule has 0 aliphatic carbocycles. The van der Waals surface area contributed by atoms with Gasteiger partial charge in [-0.1, -0.05) is 39.7 Å². The molecule has 0 saturated carbocycles. The Morgan fingerprint density at radius 2 is 2.00 bits per heavy atom. The van der Waals surface area contributed by atoms with Crippen LogP contribution < -0.4 is 0 Å². The summed E-state index contributed by atoms with van der Waals surface area (Å²) in [5.74, 6) is 1.62. The Hall–Kier alpha value is -0.300. The van der Waals surface area contributed by atoms with E-state index in [2.05, 4.69) is 38.3 Å². The van der Waals surface area contributed by atoms with E-state index in [0.29, 0.717) is 0 Å². The van der Waals surface area contributed by atoms with Gasteiger partial charge in [0, 0.05) is 4.88 Å². The van der Waals surface area contributed by atoms with Gasteiger partial charge in [0.15, 0.2) is 0 Å². The first-order valence-corrected chi connectivity index (χ1v) is 6.11. The zero-order valence-electron chi connectivity index (χ0n) is 8.92. The van der Waals surface area contributed by atoms with E-state index >= 15 is 0 Å². The molecule has 0 radical (unpaired) electrons. The van der Waals surface area contributed by atoms with Crippen LogP contribution in [0.3, 0.4) is 0 Å². The van der Waals surface area contributed by atoms with E-state index in [4.69, 9.17) is 0 Å². The molecule has 0 aliphatic heterocycles. The van der Waals surface area contributed by atoms with Crippen LogP contribution in [0.1, 0.15) is 50.8 Å². The van der Waals surface area contributed by atoms with Gasteiger partial charge in [-0.2, -0.15) is 0 Å². The van der Waals surface area contributed by atoms with E-state index in [9.17, 15) is 0 Å². The molecular formula is C12H20S. The minimum Gasteiger partial charge on any atom is -0.149 e. The van der Waals surface area contributed by atoms with Crippen LogP contribution in [0.4, 0.5) is 0 Å². The third-order valence-corrected chi connectivity index (χ3v) is 3.55. The quantitative estimate of drug-likeness (QED) is 0.641. The first-order valence-electron chi connectivity index (χ1n) is 5.23. The van der Waals surface area contributed by atoms with Gasteiger partial charge in [-0.3, -0.25) is 0 Å². The third kappa shape index (κ3) is 3.95. The molecule has 0 aromatic carbocycles. The van der Waals surface area contributed by atoms with Crippen molar-refractivity contribution in [3.63, 3.8) is 0 Å². The van der Waals surface area contributed by atoms with Gasteiger partial charge in [-0.05, 0) is 29.7 Å². The molecule has 1 aromatic rings. The normalized spacial score (nSPS) is 13.5. The highest BCUT2D eigenvalue weighted by molar-refractivity contribution is 7.10. The molecule has 0 amide bonds. The SMILES string of the molecule is CC(C)CCCC(C)c1cccs1. The second-order valence-corrected chi connectivity index (χ2v) is 5.22. The largest absolute Gasteiger partial charge is 0.149 e. The van der Waals surface area contributed by atoms with Crippen LogP contribution in [0.5, 0.6) is 0 Å².